The van der Waals surface area contributed by atoms with Gasteiger partial charge in [-0.15, -0.1) is 0 Å². The SMILES string of the molecule is CN(C(=O)C(C)(C)c1cc(F)cc(C(F)(F)F)c1)c1cnc(N2CCCC2CO)cc1-c1ccccc1Cl. The highest BCUT2D eigenvalue weighted by molar-refractivity contribution is 6.33. The summed E-state index contributed by atoms with van der Waals surface area (Å²) in [5.41, 5.74) is -1.17. The maximum atomic E-state index is 14.2. The first-order chi connectivity index (χ1) is 17.8. The van der Waals surface area contributed by atoms with Crippen LogP contribution in [0.1, 0.15) is 37.8 Å². The van der Waals surface area contributed by atoms with Gasteiger partial charge in [-0.2, -0.15) is 13.2 Å². The fraction of sp³-hybridized carbons (Fsp3) is 0.357. The van der Waals surface area contributed by atoms with Crippen molar-refractivity contribution < 1.29 is 27.5 Å². The average Bonchev–Trinajstić information content (AvgIpc) is 3.36. The van der Waals surface area contributed by atoms with E-state index < -0.39 is 28.9 Å². The molecule has 38 heavy (non-hydrogen) atoms. The summed E-state index contributed by atoms with van der Waals surface area (Å²) in [7, 11) is 1.50. The molecule has 0 radical (unpaired) electrons. The molecule has 2 heterocycles. The van der Waals surface area contributed by atoms with Crippen LogP contribution in [0.2, 0.25) is 5.02 Å². The van der Waals surface area contributed by atoms with Crippen molar-refractivity contribution in [2.24, 2.45) is 0 Å². The number of carbonyl (C=O) groups is 1. The lowest BCUT2D eigenvalue weighted by molar-refractivity contribution is -0.138. The van der Waals surface area contributed by atoms with Gasteiger partial charge in [0.15, 0.2) is 0 Å². The van der Waals surface area contributed by atoms with Gasteiger partial charge in [0, 0.05) is 29.7 Å². The Morgan fingerprint density at radius 1 is 1.13 bits per heavy atom. The Morgan fingerprint density at radius 3 is 2.47 bits per heavy atom. The number of halogens is 5. The van der Waals surface area contributed by atoms with Crippen LogP contribution in [0.4, 0.5) is 29.1 Å². The highest BCUT2D eigenvalue weighted by Gasteiger charge is 2.38. The fourth-order valence-electron chi connectivity index (χ4n) is 4.85. The largest absolute Gasteiger partial charge is 0.416 e. The molecule has 10 heteroatoms. The van der Waals surface area contributed by atoms with Crippen molar-refractivity contribution in [1.82, 2.24) is 4.98 Å². The normalized spacial score (nSPS) is 16.1. The van der Waals surface area contributed by atoms with E-state index in [4.69, 9.17) is 11.6 Å². The number of alkyl halides is 3. The van der Waals surface area contributed by atoms with E-state index in [9.17, 15) is 27.5 Å². The van der Waals surface area contributed by atoms with Gasteiger partial charge in [-0.3, -0.25) is 4.79 Å². The van der Waals surface area contributed by atoms with Crippen molar-refractivity contribution >= 4 is 29.0 Å². The zero-order valence-corrected chi connectivity index (χ0v) is 21.9. The summed E-state index contributed by atoms with van der Waals surface area (Å²) in [6.45, 7) is 3.59. The molecular formula is C28H28ClF4N3O2. The van der Waals surface area contributed by atoms with E-state index in [0.717, 1.165) is 25.0 Å². The molecule has 1 aliphatic rings. The molecule has 4 rings (SSSR count). The van der Waals surface area contributed by atoms with Crippen LogP contribution in [0, 0.1) is 5.82 Å². The van der Waals surface area contributed by atoms with Crippen molar-refractivity contribution in [2.75, 3.05) is 30.0 Å². The number of likely N-dealkylation sites (N-methyl/N-ethyl adjacent to an activating group) is 1. The van der Waals surface area contributed by atoms with Gasteiger partial charge in [-0.25, -0.2) is 9.37 Å². The second-order valence-corrected chi connectivity index (χ2v) is 10.3. The Kier molecular flexibility index (Phi) is 7.72. The number of amides is 1. The zero-order chi connectivity index (χ0) is 27.8. The molecule has 5 nitrogen and oxygen atoms in total. The van der Waals surface area contributed by atoms with Crippen molar-refractivity contribution in [3.63, 3.8) is 0 Å². The summed E-state index contributed by atoms with van der Waals surface area (Å²) in [5, 5.41) is 10.2. The number of pyridine rings is 1. The monoisotopic (exact) mass is 549 g/mol. The van der Waals surface area contributed by atoms with Crippen LogP contribution < -0.4 is 9.80 Å². The molecule has 1 unspecified atom stereocenters. The number of anilines is 2. The van der Waals surface area contributed by atoms with Crippen molar-refractivity contribution in [3.05, 3.63) is 76.7 Å². The quantitative estimate of drug-likeness (QED) is 0.358. The molecule has 1 N–H and O–H groups in total. The van der Waals surface area contributed by atoms with Gasteiger partial charge in [-0.1, -0.05) is 29.8 Å². The Hall–Kier alpha value is -3.17. The third kappa shape index (κ3) is 5.35. The van der Waals surface area contributed by atoms with Crippen LogP contribution in [0.5, 0.6) is 0 Å². The molecule has 1 atom stereocenters. The average molecular weight is 550 g/mol. The van der Waals surface area contributed by atoms with Gasteiger partial charge in [-0.05, 0) is 62.6 Å². The van der Waals surface area contributed by atoms with Crippen LogP contribution in [0.15, 0.2) is 54.7 Å². The van der Waals surface area contributed by atoms with Crippen LogP contribution >= 0.6 is 11.6 Å². The zero-order valence-electron chi connectivity index (χ0n) is 21.2. The van der Waals surface area contributed by atoms with Gasteiger partial charge in [0.1, 0.15) is 11.6 Å². The van der Waals surface area contributed by atoms with Gasteiger partial charge in [0.25, 0.3) is 0 Å². The molecule has 3 aromatic rings. The Labute approximate surface area is 223 Å². The Balaban J connectivity index is 1.79. The second-order valence-electron chi connectivity index (χ2n) is 9.93. The molecule has 0 bridgehead atoms. The van der Waals surface area contributed by atoms with Crippen molar-refractivity contribution in [3.8, 4) is 11.1 Å². The molecule has 1 saturated heterocycles. The molecule has 202 valence electrons. The van der Waals surface area contributed by atoms with Gasteiger partial charge < -0.3 is 14.9 Å². The third-order valence-electron chi connectivity index (χ3n) is 7.06. The van der Waals surface area contributed by atoms with Crippen LogP contribution in [-0.2, 0) is 16.4 Å². The molecule has 1 aromatic heterocycles. The number of aliphatic hydroxyl groups is 1. The van der Waals surface area contributed by atoms with E-state index in [0.29, 0.717) is 40.3 Å². The number of nitrogens with zero attached hydrogens (tertiary/aromatic N) is 3. The molecule has 1 fully saturated rings. The van der Waals surface area contributed by atoms with E-state index in [1.165, 1.54) is 32.0 Å². The molecule has 1 aliphatic heterocycles. The van der Waals surface area contributed by atoms with E-state index in [2.05, 4.69) is 4.98 Å². The topological polar surface area (TPSA) is 56.7 Å². The standard InChI is InChI=1S/C28H28ClF4N3O2/c1-27(2,17-11-18(28(31,32)33)13-19(30)12-17)26(38)35(3)24-15-34-25(36-10-6-7-20(36)16-37)14-22(24)21-8-4-5-9-23(21)29/h4-5,8-9,11-15,20,37H,6-7,10,16H2,1-3H3. The highest BCUT2D eigenvalue weighted by atomic mass is 35.5. The van der Waals surface area contributed by atoms with Crippen molar-refractivity contribution in [1.29, 1.82) is 0 Å². The molecule has 2 aromatic carbocycles. The Bertz CT molecular complexity index is 1350. The Morgan fingerprint density at radius 2 is 1.82 bits per heavy atom. The molecular weight excluding hydrogens is 522 g/mol. The first kappa shape index (κ1) is 27.9. The fourth-order valence-corrected chi connectivity index (χ4v) is 5.09. The number of aromatic nitrogens is 1. The molecule has 1 amide bonds. The third-order valence-corrected chi connectivity index (χ3v) is 7.39. The van der Waals surface area contributed by atoms with Crippen LogP contribution in [0.25, 0.3) is 11.1 Å². The number of rotatable bonds is 6. The van der Waals surface area contributed by atoms with Gasteiger partial charge >= 0.3 is 6.18 Å². The van der Waals surface area contributed by atoms with Crippen LogP contribution in [0.3, 0.4) is 0 Å². The first-order valence-corrected chi connectivity index (χ1v) is 12.5. The van der Waals surface area contributed by atoms with E-state index in [1.807, 2.05) is 4.90 Å². The number of benzene rings is 2. The molecule has 0 aliphatic carbocycles. The molecule has 0 spiro atoms. The van der Waals surface area contributed by atoms with E-state index in [-0.39, 0.29) is 18.2 Å². The number of hydrogen-bond donors (Lipinski definition) is 1. The minimum absolute atomic E-state index is 0.0228. The summed E-state index contributed by atoms with van der Waals surface area (Å²) in [6, 6.07) is 10.9. The number of hydrogen-bond acceptors (Lipinski definition) is 4. The predicted molar refractivity (Wildman–Crippen MR) is 140 cm³/mol. The van der Waals surface area contributed by atoms with E-state index >= 15 is 0 Å². The maximum absolute atomic E-state index is 14.2. The summed E-state index contributed by atoms with van der Waals surface area (Å²) in [5.74, 6) is -1.03. The maximum Gasteiger partial charge on any atom is 0.416 e. The second kappa shape index (κ2) is 10.5. The lowest BCUT2D eigenvalue weighted by Gasteiger charge is -2.32. The lowest BCUT2D eigenvalue weighted by atomic mass is 9.82. The summed E-state index contributed by atoms with van der Waals surface area (Å²) >= 11 is 6.52. The summed E-state index contributed by atoms with van der Waals surface area (Å²) in [4.78, 5) is 21.6. The first-order valence-electron chi connectivity index (χ1n) is 12.1. The number of carbonyl (C=O) groups excluding carboxylic acids is 1. The van der Waals surface area contributed by atoms with Gasteiger partial charge in [0.05, 0.1) is 35.5 Å². The minimum Gasteiger partial charge on any atom is -0.394 e. The number of aliphatic hydroxyl groups excluding tert-OH is 1. The minimum atomic E-state index is -4.76. The van der Waals surface area contributed by atoms with E-state index in [1.54, 1.807) is 30.3 Å². The highest BCUT2D eigenvalue weighted by Crippen LogP contribution is 2.40. The lowest BCUT2D eigenvalue weighted by Crippen LogP contribution is -2.42. The smallest absolute Gasteiger partial charge is 0.394 e. The van der Waals surface area contributed by atoms with Crippen molar-refractivity contribution in [2.45, 2.75) is 44.3 Å². The summed E-state index contributed by atoms with van der Waals surface area (Å²) in [6.07, 6.45) is -1.53. The summed E-state index contributed by atoms with van der Waals surface area (Å²) < 4.78 is 54.3. The van der Waals surface area contributed by atoms with Gasteiger partial charge in [0.2, 0.25) is 5.91 Å². The predicted octanol–water partition coefficient (Wildman–Crippen LogP) is 6.46. The molecule has 0 saturated carbocycles. The van der Waals surface area contributed by atoms with Crippen LogP contribution in [-0.4, -0.2) is 42.2 Å².